The van der Waals surface area contributed by atoms with E-state index in [0.717, 1.165) is 19.3 Å². The Bertz CT molecular complexity index is 745. The minimum absolute atomic E-state index is 0.237. The molecule has 1 saturated heterocycles. The lowest BCUT2D eigenvalue weighted by Crippen LogP contribution is -2.41. The molecule has 1 aliphatic rings. The zero-order chi connectivity index (χ0) is 20.6. The van der Waals surface area contributed by atoms with Gasteiger partial charge in [-0.2, -0.15) is 0 Å². The van der Waals surface area contributed by atoms with Crippen molar-refractivity contribution in [2.24, 2.45) is 5.92 Å². The molecular weight excluding hydrogens is 384 g/mol. The van der Waals surface area contributed by atoms with Crippen LogP contribution in [-0.4, -0.2) is 56.7 Å². The van der Waals surface area contributed by atoms with Gasteiger partial charge in [0.2, 0.25) is 10.0 Å². The second-order valence-corrected chi connectivity index (χ2v) is 8.84. The van der Waals surface area contributed by atoms with Crippen LogP contribution in [0, 0.1) is 5.92 Å². The van der Waals surface area contributed by atoms with E-state index in [0.29, 0.717) is 31.0 Å². The Labute approximate surface area is 165 Å². The summed E-state index contributed by atoms with van der Waals surface area (Å²) < 4.78 is 31.6. The smallest absolute Gasteiger partial charge is 0.409 e. The summed E-state index contributed by atoms with van der Waals surface area (Å²) in [5.41, 5.74) is 0.608. The van der Waals surface area contributed by atoms with Gasteiger partial charge >= 0.3 is 12.1 Å². The fourth-order valence-corrected chi connectivity index (χ4v) is 4.80. The Morgan fingerprint density at radius 2 is 1.89 bits per heavy atom. The lowest BCUT2D eigenvalue weighted by atomic mass is 9.91. The molecule has 1 aliphatic heterocycles. The summed E-state index contributed by atoms with van der Waals surface area (Å²) in [6.45, 7) is 1.26. The lowest BCUT2D eigenvalue weighted by Gasteiger charge is -2.31. The third-order valence-electron chi connectivity index (χ3n) is 4.97. The van der Waals surface area contributed by atoms with Crippen molar-refractivity contribution in [1.29, 1.82) is 0 Å². The summed E-state index contributed by atoms with van der Waals surface area (Å²) in [4.78, 5) is 24.6. The molecule has 1 atom stereocenters. The number of nitrogens with one attached hydrogen (secondary N) is 1. The summed E-state index contributed by atoms with van der Waals surface area (Å²) in [7, 11) is -2.38. The number of carboxylic acids is 1. The fraction of sp³-hybridized carbons (Fsp3) is 0.579. The summed E-state index contributed by atoms with van der Waals surface area (Å²) in [5.74, 6) is -1.02. The summed E-state index contributed by atoms with van der Waals surface area (Å²) in [6.07, 6.45) is 3.00. The van der Waals surface area contributed by atoms with Gasteiger partial charge in [-0.1, -0.05) is 43.2 Å². The number of rotatable bonds is 9. The number of likely N-dealkylation sites (tertiary alicyclic amines) is 1. The maximum Gasteiger partial charge on any atom is 0.409 e. The third kappa shape index (κ3) is 7.12. The van der Waals surface area contributed by atoms with E-state index < -0.39 is 22.0 Å². The molecule has 0 bridgehead atoms. The normalized spacial score (nSPS) is 16.5. The first-order valence-corrected chi connectivity index (χ1v) is 11.1. The average molecular weight is 413 g/mol. The number of carbonyl (C=O) groups excluding carboxylic acids is 1. The number of sulfonamides is 1. The van der Waals surface area contributed by atoms with Gasteiger partial charge in [0, 0.05) is 13.1 Å². The molecule has 28 heavy (non-hydrogen) atoms. The van der Waals surface area contributed by atoms with Crippen molar-refractivity contribution in [2.45, 2.75) is 43.9 Å². The van der Waals surface area contributed by atoms with Gasteiger partial charge < -0.3 is 14.7 Å². The summed E-state index contributed by atoms with van der Waals surface area (Å²) in [5, 5.41) is 9.38. The standard InChI is InChI=1S/C19H28N2O6S/c1-27-19(24)21-12-10-15(11-13-21)8-5-9-17(18(22)23)20-28(25,26)14-16-6-3-2-4-7-16/h2-4,6-7,15,17,20H,5,8-14H2,1H3,(H,22,23). The quantitative estimate of drug-likeness (QED) is 0.643. The average Bonchev–Trinajstić information content (AvgIpc) is 2.67. The number of carboxylic acid groups (broad SMARTS) is 1. The highest BCUT2D eigenvalue weighted by Gasteiger charge is 2.26. The van der Waals surface area contributed by atoms with Gasteiger partial charge in [0.1, 0.15) is 6.04 Å². The highest BCUT2D eigenvalue weighted by atomic mass is 32.2. The molecule has 2 N–H and O–H groups in total. The van der Waals surface area contributed by atoms with Crippen LogP contribution in [0.15, 0.2) is 30.3 Å². The Balaban J connectivity index is 1.79. The Kier molecular flexibility index (Phi) is 8.25. The second-order valence-electron chi connectivity index (χ2n) is 7.08. The van der Waals surface area contributed by atoms with Gasteiger partial charge in [-0.3, -0.25) is 4.79 Å². The highest BCUT2D eigenvalue weighted by Crippen LogP contribution is 2.23. The summed E-state index contributed by atoms with van der Waals surface area (Å²) >= 11 is 0. The van der Waals surface area contributed by atoms with E-state index >= 15 is 0 Å². The molecule has 156 valence electrons. The van der Waals surface area contributed by atoms with Gasteiger partial charge in [0.05, 0.1) is 12.9 Å². The number of methoxy groups -OCH3 is 1. The zero-order valence-corrected chi connectivity index (χ0v) is 16.9. The van der Waals surface area contributed by atoms with E-state index in [1.165, 1.54) is 7.11 Å². The van der Waals surface area contributed by atoms with Gasteiger partial charge in [-0.15, -0.1) is 0 Å². The molecule has 1 amide bonds. The number of hydrogen-bond acceptors (Lipinski definition) is 5. The predicted octanol–water partition coefficient (Wildman–Crippen LogP) is 2.21. The molecular formula is C19H28N2O6S. The first-order valence-electron chi connectivity index (χ1n) is 9.40. The molecule has 1 unspecified atom stereocenters. The number of benzene rings is 1. The molecule has 1 aromatic rings. The van der Waals surface area contributed by atoms with Crippen molar-refractivity contribution in [2.75, 3.05) is 20.2 Å². The van der Waals surface area contributed by atoms with Crippen molar-refractivity contribution in [1.82, 2.24) is 9.62 Å². The minimum atomic E-state index is -3.74. The molecule has 1 heterocycles. The van der Waals surface area contributed by atoms with Crippen LogP contribution in [0.3, 0.4) is 0 Å². The van der Waals surface area contributed by atoms with Crippen molar-refractivity contribution >= 4 is 22.1 Å². The van der Waals surface area contributed by atoms with Crippen LogP contribution < -0.4 is 4.72 Å². The Hall–Kier alpha value is -2.13. The van der Waals surface area contributed by atoms with E-state index in [1.54, 1.807) is 35.2 Å². The predicted molar refractivity (Wildman–Crippen MR) is 104 cm³/mol. The number of carbonyl (C=O) groups is 2. The van der Waals surface area contributed by atoms with Crippen molar-refractivity contribution in [3.8, 4) is 0 Å². The van der Waals surface area contributed by atoms with E-state index in [9.17, 15) is 23.1 Å². The van der Waals surface area contributed by atoms with Crippen LogP contribution in [0.2, 0.25) is 0 Å². The number of hydrogen-bond donors (Lipinski definition) is 2. The van der Waals surface area contributed by atoms with Crippen LogP contribution in [0.25, 0.3) is 0 Å². The van der Waals surface area contributed by atoms with E-state index in [1.807, 2.05) is 0 Å². The van der Waals surface area contributed by atoms with Gasteiger partial charge in [-0.25, -0.2) is 17.9 Å². The van der Waals surface area contributed by atoms with E-state index in [2.05, 4.69) is 4.72 Å². The SMILES string of the molecule is COC(=O)N1CCC(CCCC(NS(=O)(=O)Cc2ccccc2)C(=O)O)CC1. The van der Waals surface area contributed by atoms with Crippen molar-refractivity contribution < 1.29 is 27.9 Å². The highest BCUT2D eigenvalue weighted by molar-refractivity contribution is 7.88. The number of piperidine rings is 1. The molecule has 0 radical (unpaired) electrons. The molecule has 8 nitrogen and oxygen atoms in total. The molecule has 0 aliphatic carbocycles. The molecule has 1 fully saturated rings. The molecule has 1 aromatic carbocycles. The van der Waals surface area contributed by atoms with Gasteiger partial charge in [-0.05, 0) is 30.7 Å². The van der Waals surface area contributed by atoms with Crippen molar-refractivity contribution in [3.05, 3.63) is 35.9 Å². The van der Waals surface area contributed by atoms with Crippen molar-refractivity contribution in [3.63, 3.8) is 0 Å². The molecule has 0 spiro atoms. The van der Waals surface area contributed by atoms with Gasteiger partial charge in [0.15, 0.2) is 0 Å². The van der Waals surface area contributed by atoms with Gasteiger partial charge in [0.25, 0.3) is 0 Å². The minimum Gasteiger partial charge on any atom is -0.480 e. The number of ether oxygens (including phenoxy) is 1. The topological polar surface area (TPSA) is 113 Å². The first kappa shape index (κ1) is 22.2. The van der Waals surface area contributed by atoms with Crippen LogP contribution >= 0.6 is 0 Å². The van der Waals surface area contributed by atoms with Crippen LogP contribution in [0.1, 0.15) is 37.7 Å². The zero-order valence-electron chi connectivity index (χ0n) is 16.0. The lowest BCUT2D eigenvalue weighted by molar-refractivity contribution is -0.139. The summed E-state index contributed by atoms with van der Waals surface area (Å²) in [6, 6.07) is 7.52. The monoisotopic (exact) mass is 412 g/mol. The molecule has 0 aromatic heterocycles. The van der Waals surface area contributed by atoms with Crippen LogP contribution in [0.4, 0.5) is 4.79 Å². The Morgan fingerprint density at radius 3 is 2.46 bits per heavy atom. The third-order valence-corrected chi connectivity index (χ3v) is 6.33. The second kappa shape index (κ2) is 10.4. The maximum atomic E-state index is 12.3. The maximum absolute atomic E-state index is 12.3. The molecule has 0 saturated carbocycles. The fourth-order valence-electron chi connectivity index (χ4n) is 3.43. The molecule has 2 rings (SSSR count). The van der Waals surface area contributed by atoms with Crippen LogP contribution in [-0.2, 0) is 25.3 Å². The van der Waals surface area contributed by atoms with E-state index in [4.69, 9.17) is 4.74 Å². The number of amides is 1. The number of aliphatic carboxylic acids is 1. The number of nitrogens with zero attached hydrogens (tertiary/aromatic N) is 1. The molecule has 9 heteroatoms. The van der Waals surface area contributed by atoms with Crippen LogP contribution in [0.5, 0.6) is 0 Å². The largest absolute Gasteiger partial charge is 0.480 e. The van der Waals surface area contributed by atoms with E-state index in [-0.39, 0.29) is 18.3 Å². The first-order chi connectivity index (χ1) is 13.3. The Morgan fingerprint density at radius 1 is 1.25 bits per heavy atom.